The summed E-state index contributed by atoms with van der Waals surface area (Å²) in [5.74, 6) is 4.70. The van der Waals surface area contributed by atoms with Crippen molar-refractivity contribution in [1.82, 2.24) is 5.32 Å². The molecule has 0 aromatic heterocycles. The molecule has 1 aliphatic rings. The van der Waals surface area contributed by atoms with Crippen LogP contribution in [0.1, 0.15) is 27.2 Å². The molecule has 0 amide bonds. The van der Waals surface area contributed by atoms with E-state index in [2.05, 4.69) is 44.1 Å². The first-order chi connectivity index (χ1) is 7.03. The Labute approximate surface area is 104 Å². The van der Waals surface area contributed by atoms with Crippen LogP contribution in [0.5, 0.6) is 0 Å². The molecule has 0 aromatic rings. The van der Waals surface area contributed by atoms with Crippen molar-refractivity contribution in [3.63, 3.8) is 0 Å². The number of rotatable bonds is 5. The average molecular weight is 247 g/mol. The summed E-state index contributed by atoms with van der Waals surface area (Å²) < 4.78 is 0. The van der Waals surface area contributed by atoms with Crippen molar-refractivity contribution in [2.24, 2.45) is 11.3 Å². The third kappa shape index (κ3) is 5.50. The molecule has 1 aliphatic heterocycles. The Morgan fingerprint density at radius 2 is 2.27 bits per heavy atom. The molecule has 1 nitrogen and oxygen atoms in total. The minimum atomic E-state index is 0.531. The molecule has 3 heteroatoms. The summed E-state index contributed by atoms with van der Waals surface area (Å²) >= 11 is 4.06. The molecule has 1 fully saturated rings. The Hall–Kier alpha value is 0.660. The first kappa shape index (κ1) is 13.7. The van der Waals surface area contributed by atoms with Crippen LogP contribution >= 0.6 is 23.5 Å². The van der Waals surface area contributed by atoms with Crippen LogP contribution in [0.25, 0.3) is 0 Å². The summed E-state index contributed by atoms with van der Waals surface area (Å²) in [4.78, 5) is 0. The lowest BCUT2D eigenvalue weighted by molar-refractivity contribution is 0.312. The van der Waals surface area contributed by atoms with Crippen LogP contribution in [-0.2, 0) is 0 Å². The molecule has 15 heavy (non-hydrogen) atoms. The zero-order valence-electron chi connectivity index (χ0n) is 10.5. The van der Waals surface area contributed by atoms with Gasteiger partial charge in [-0.1, -0.05) is 20.8 Å². The van der Waals surface area contributed by atoms with Crippen molar-refractivity contribution in [3.05, 3.63) is 0 Å². The largest absolute Gasteiger partial charge is 0.313 e. The average Bonchev–Trinajstić information content (AvgIpc) is 2.14. The molecule has 0 saturated carbocycles. The molecule has 1 rings (SSSR count). The first-order valence-corrected chi connectivity index (χ1v) is 8.38. The Morgan fingerprint density at radius 1 is 1.53 bits per heavy atom. The smallest absolute Gasteiger partial charge is 0.0163 e. The second-order valence-corrected chi connectivity index (χ2v) is 7.49. The topological polar surface area (TPSA) is 12.0 Å². The van der Waals surface area contributed by atoms with Gasteiger partial charge in [0.15, 0.2) is 0 Å². The molecule has 1 saturated heterocycles. The molecule has 1 N–H and O–H groups in total. The molecule has 2 atom stereocenters. The van der Waals surface area contributed by atoms with Gasteiger partial charge in [-0.05, 0) is 42.1 Å². The third-order valence-electron chi connectivity index (χ3n) is 2.82. The minimum absolute atomic E-state index is 0.531. The molecule has 0 aromatic carbocycles. The second kappa shape index (κ2) is 6.41. The normalized spacial score (nSPS) is 27.6. The molecule has 2 unspecified atom stereocenters. The molecular formula is C12H25NS2. The predicted octanol–water partition coefficient (Wildman–Crippen LogP) is 3.11. The monoisotopic (exact) mass is 247 g/mol. The molecule has 0 bridgehead atoms. The van der Waals surface area contributed by atoms with Crippen molar-refractivity contribution in [2.75, 3.05) is 30.1 Å². The van der Waals surface area contributed by atoms with Gasteiger partial charge < -0.3 is 5.32 Å². The van der Waals surface area contributed by atoms with Gasteiger partial charge in [0, 0.05) is 11.8 Å². The van der Waals surface area contributed by atoms with E-state index in [-0.39, 0.29) is 0 Å². The molecule has 90 valence electrons. The van der Waals surface area contributed by atoms with E-state index in [4.69, 9.17) is 0 Å². The highest BCUT2D eigenvalue weighted by Crippen LogP contribution is 2.33. The van der Waals surface area contributed by atoms with Crippen LogP contribution in [-0.4, -0.2) is 36.1 Å². The van der Waals surface area contributed by atoms with Gasteiger partial charge in [-0.25, -0.2) is 0 Å². The second-order valence-electron chi connectivity index (χ2n) is 5.55. The molecule has 0 radical (unpaired) electrons. The van der Waals surface area contributed by atoms with Gasteiger partial charge >= 0.3 is 0 Å². The number of hydrogen-bond acceptors (Lipinski definition) is 3. The van der Waals surface area contributed by atoms with Crippen LogP contribution in [0.2, 0.25) is 0 Å². The number of nitrogens with one attached hydrogen (secondary N) is 1. The fourth-order valence-electron chi connectivity index (χ4n) is 2.10. The van der Waals surface area contributed by atoms with Crippen molar-refractivity contribution in [2.45, 2.75) is 33.2 Å². The molecule has 0 spiro atoms. The van der Waals surface area contributed by atoms with Crippen LogP contribution in [0.4, 0.5) is 0 Å². The van der Waals surface area contributed by atoms with Crippen LogP contribution in [0, 0.1) is 11.3 Å². The Bertz CT molecular complexity index is 182. The van der Waals surface area contributed by atoms with Gasteiger partial charge in [0.05, 0.1) is 0 Å². The standard InChI is InChI=1S/C12H25NS2/c1-10(7-14-4)6-13-11-5-12(2,3)9-15-8-11/h10-11,13H,5-9H2,1-4H3. The zero-order chi connectivity index (χ0) is 11.3. The number of thioether (sulfide) groups is 2. The highest BCUT2D eigenvalue weighted by molar-refractivity contribution is 7.99. The quantitative estimate of drug-likeness (QED) is 0.802. The SMILES string of the molecule is CSCC(C)CNC1CSCC(C)(C)C1. The number of hydrogen-bond donors (Lipinski definition) is 1. The first-order valence-electron chi connectivity index (χ1n) is 5.83. The molecule has 0 aliphatic carbocycles. The maximum absolute atomic E-state index is 3.73. The summed E-state index contributed by atoms with van der Waals surface area (Å²) in [6.45, 7) is 8.30. The van der Waals surface area contributed by atoms with E-state index >= 15 is 0 Å². The van der Waals surface area contributed by atoms with E-state index in [0.29, 0.717) is 5.41 Å². The van der Waals surface area contributed by atoms with Crippen molar-refractivity contribution < 1.29 is 0 Å². The summed E-state index contributed by atoms with van der Waals surface area (Å²) in [5.41, 5.74) is 0.531. The maximum Gasteiger partial charge on any atom is 0.0163 e. The van der Waals surface area contributed by atoms with E-state index < -0.39 is 0 Å². The fourth-order valence-corrected chi connectivity index (χ4v) is 4.10. The van der Waals surface area contributed by atoms with E-state index in [1.54, 1.807) is 0 Å². The predicted molar refractivity (Wildman–Crippen MR) is 75.1 cm³/mol. The molecular weight excluding hydrogens is 222 g/mol. The lowest BCUT2D eigenvalue weighted by atomic mass is 9.88. The van der Waals surface area contributed by atoms with Crippen LogP contribution < -0.4 is 5.32 Å². The van der Waals surface area contributed by atoms with Crippen molar-refractivity contribution >= 4 is 23.5 Å². The van der Waals surface area contributed by atoms with E-state index in [9.17, 15) is 0 Å². The van der Waals surface area contributed by atoms with Crippen LogP contribution in [0.3, 0.4) is 0 Å². The summed E-state index contributed by atoms with van der Waals surface area (Å²) in [6.07, 6.45) is 3.53. The van der Waals surface area contributed by atoms with Gasteiger partial charge in [-0.2, -0.15) is 23.5 Å². The zero-order valence-corrected chi connectivity index (χ0v) is 12.1. The molecule has 1 heterocycles. The summed E-state index contributed by atoms with van der Waals surface area (Å²) in [5, 5.41) is 3.73. The Kier molecular flexibility index (Phi) is 5.86. The Morgan fingerprint density at radius 3 is 2.87 bits per heavy atom. The summed E-state index contributed by atoms with van der Waals surface area (Å²) in [7, 11) is 0. The van der Waals surface area contributed by atoms with E-state index in [1.807, 2.05) is 11.8 Å². The maximum atomic E-state index is 3.73. The van der Waals surface area contributed by atoms with Crippen molar-refractivity contribution in [1.29, 1.82) is 0 Å². The lowest BCUT2D eigenvalue weighted by Gasteiger charge is -2.35. The van der Waals surface area contributed by atoms with Crippen LogP contribution in [0.15, 0.2) is 0 Å². The van der Waals surface area contributed by atoms with Gasteiger partial charge in [0.25, 0.3) is 0 Å². The van der Waals surface area contributed by atoms with Gasteiger partial charge in [-0.15, -0.1) is 0 Å². The van der Waals surface area contributed by atoms with Crippen molar-refractivity contribution in [3.8, 4) is 0 Å². The Balaban J connectivity index is 2.21. The van der Waals surface area contributed by atoms with Gasteiger partial charge in [0.2, 0.25) is 0 Å². The summed E-state index contributed by atoms with van der Waals surface area (Å²) in [6, 6.07) is 0.739. The van der Waals surface area contributed by atoms with E-state index in [1.165, 1.54) is 30.2 Å². The van der Waals surface area contributed by atoms with E-state index in [0.717, 1.165) is 12.0 Å². The van der Waals surface area contributed by atoms with Gasteiger partial charge in [-0.3, -0.25) is 0 Å². The fraction of sp³-hybridized carbons (Fsp3) is 1.00. The highest BCUT2D eigenvalue weighted by Gasteiger charge is 2.28. The lowest BCUT2D eigenvalue weighted by Crippen LogP contribution is -2.42. The van der Waals surface area contributed by atoms with Gasteiger partial charge in [0.1, 0.15) is 0 Å². The highest BCUT2D eigenvalue weighted by atomic mass is 32.2. The third-order valence-corrected chi connectivity index (χ3v) is 5.34. The minimum Gasteiger partial charge on any atom is -0.313 e.